The predicted octanol–water partition coefficient (Wildman–Crippen LogP) is 4.21. The molecular formula is C17H15BrF2N2O2. The lowest BCUT2D eigenvalue weighted by Crippen LogP contribution is -2.20. The summed E-state index contributed by atoms with van der Waals surface area (Å²) in [6.07, 6.45) is 1.34. The number of carbonyl (C=O) groups is 2. The van der Waals surface area contributed by atoms with Crippen molar-refractivity contribution in [3.63, 3.8) is 0 Å². The number of ketones is 1. The molecular weight excluding hydrogens is 382 g/mol. The van der Waals surface area contributed by atoms with Crippen molar-refractivity contribution in [2.45, 2.75) is 18.7 Å². The molecule has 0 aliphatic carbocycles. The molecule has 0 spiro atoms. The quantitative estimate of drug-likeness (QED) is 0.607. The van der Waals surface area contributed by atoms with Crippen LogP contribution in [0.5, 0.6) is 0 Å². The number of nitrogens with zero attached hydrogens (tertiary/aromatic N) is 1. The van der Waals surface area contributed by atoms with E-state index >= 15 is 0 Å². The Labute approximate surface area is 146 Å². The molecule has 126 valence electrons. The van der Waals surface area contributed by atoms with E-state index in [1.807, 2.05) is 13.8 Å². The second-order valence-corrected chi connectivity index (χ2v) is 6.51. The average molecular weight is 397 g/mol. The maximum Gasteiger partial charge on any atom is 0.259 e. The smallest absolute Gasteiger partial charge is 0.259 e. The van der Waals surface area contributed by atoms with Crippen molar-refractivity contribution >= 4 is 33.4 Å². The van der Waals surface area contributed by atoms with Gasteiger partial charge >= 0.3 is 0 Å². The molecule has 0 aliphatic heterocycles. The first kappa shape index (κ1) is 18.2. The first-order chi connectivity index (χ1) is 11.3. The number of halogens is 3. The zero-order valence-electron chi connectivity index (χ0n) is 13.0. The average Bonchev–Trinajstić information content (AvgIpc) is 2.53. The zero-order valence-corrected chi connectivity index (χ0v) is 14.6. The van der Waals surface area contributed by atoms with E-state index in [-0.39, 0.29) is 27.9 Å². The van der Waals surface area contributed by atoms with Crippen LogP contribution in [0.3, 0.4) is 0 Å². The first-order valence-electron chi connectivity index (χ1n) is 7.20. The van der Waals surface area contributed by atoms with Crippen molar-refractivity contribution in [3.05, 3.63) is 59.3 Å². The maximum absolute atomic E-state index is 13.6. The molecule has 0 radical (unpaired) electrons. The lowest BCUT2D eigenvalue weighted by Gasteiger charge is -2.12. The molecule has 1 aromatic heterocycles. The number of hydrogen-bond donors (Lipinski definition) is 1. The molecule has 2 rings (SSSR count). The molecule has 1 atom stereocenters. The number of Topliss-reactive ketones (excluding diaryl/α,β-unsaturated/α-hetero) is 1. The number of anilines is 1. The molecule has 1 unspecified atom stereocenters. The SMILES string of the molecule is CC(C)C(Br)C(=O)c1ccc(NC(=O)c2ccc(F)cc2F)nc1. The second-order valence-electron chi connectivity index (χ2n) is 5.52. The van der Waals surface area contributed by atoms with Crippen LogP contribution in [0.1, 0.15) is 34.6 Å². The molecule has 0 saturated heterocycles. The second kappa shape index (κ2) is 7.61. The molecule has 1 aromatic carbocycles. The topological polar surface area (TPSA) is 59.1 Å². The number of alkyl halides is 1. The highest BCUT2D eigenvalue weighted by Crippen LogP contribution is 2.19. The van der Waals surface area contributed by atoms with Gasteiger partial charge in [-0.3, -0.25) is 9.59 Å². The van der Waals surface area contributed by atoms with Crippen molar-refractivity contribution < 1.29 is 18.4 Å². The Bertz CT molecular complexity index is 764. The Morgan fingerprint density at radius 1 is 1.17 bits per heavy atom. The Balaban J connectivity index is 2.11. The summed E-state index contributed by atoms with van der Waals surface area (Å²) in [5.74, 6) is -2.30. The molecule has 0 aliphatic rings. The van der Waals surface area contributed by atoms with Gasteiger partial charge in [0.25, 0.3) is 5.91 Å². The largest absolute Gasteiger partial charge is 0.306 e. The van der Waals surface area contributed by atoms with Crippen molar-refractivity contribution in [3.8, 4) is 0 Å². The number of pyridine rings is 1. The number of amides is 1. The molecule has 0 saturated carbocycles. The fourth-order valence-corrected chi connectivity index (χ4v) is 2.20. The standard InChI is InChI=1S/C17H15BrF2N2O2/c1-9(2)15(18)16(23)10-3-6-14(21-8-10)22-17(24)12-5-4-11(19)7-13(12)20/h3-9,15H,1-2H3,(H,21,22,24). The van der Waals surface area contributed by atoms with Gasteiger partial charge in [-0.15, -0.1) is 0 Å². The normalized spacial score (nSPS) is 12.1. The van der Waals surface area contributed by atoms with E-state index in [4.69, 9.17) is 0 Å². The molecule has 2 aromatic rings. The van der Waals surface area contributed by atoms with Gasteiger partial charge in [-0.1, -0.05) is 29.8 Å². The minimum atomic E-state index is -0.960. The lowest BCUT2D eigenvalue weighted by molar-refractivity contribution is 0.0976. The first-order valence-corrected chi connectivity index (χ1v) is 8.12. The van der Waals surface area contributed by atoms with Gasteiger partial charge in [0.1, 0.15) is 17.5 Å². The summed E-state index contributed by atoms with van der Waals surface area (Å²) in [6, 6.07) is 5.66. The maximum atomic E-state index is 13.6. The number of benzene rings is 1. The third kappa shape index (κ3) is 4.23. The van der Waals surface area contributed by atoms with Gasteiger partial charge in [0, 0.05) is 17.8 Å². The summed E-state index contributed by atoms with van der Waals surface area (Å²) >= 11 is 3.33. The molecule has 1 amide bonds. The molecule has 7 heteroatoms. The fraction of sp³-hybridized carbons (Fsp3) is 0.235. The highest BCUT2D eigenvalue weighted by atomic mass is 79.9. The molecule has 1 heterocycles. The summed E-state index contributed by atoms with van der Waals surface area (Å²) in [7, 11) is 0. The number of carbonyl (C=O) groups excluding carboxylic acids is 2. The molecule has 24 heavy (non-hydrogen) atoms. The highest BCUT2D eigenvalue weighted by molar-refractivity contribution is 9.10. The van der Waals surface area contributed by atoms with Crippen LogP contribution >= 0.6 is 15.9 Å². The Hall–Kier alpha value is -2.15. The Kier molecular flexibility index (Phi) is 5.77. The van der Waals surface area contributed by atoms with Crippen molar-refractivity contribution in [1.82, 2.24) is 4.98 Å². The summed E-state index contributed by atoms with van der Waals surface area (Å²) in [4.78, 5) is 27.8. The van der Waals surface area contributed by atoms with Gasteiger partial charge in [0.05, 0.1) is 10.4 Å². The molecule has 4 nitrogen and oxygen atoms in total. The third-order valence-corrected chi connectivity index (χ3v) is 4.77. The van der Waals surface area contributed by atoms with E-state index in [9.17, 15) is 18.4 Å². The summed E-state index contributed by atoms with van der Waals surface area (Å²) < 4.78 is 26.4. The van der Waals surface area contributed by atoms with Crippen molar-refractivity contribution in [2.75, 3.05) is 5.32 Å². The van der Waals surface area contributed by atoms with Gasteiger partial charge in [-0.05, 0) is 30.2 Å². The van der Waals surface area contributed by atoms with E-state index in [1.54, 1.807) is 0 Å². The minimum absolute atomic E-state index is 0.111. The summed E-state index contributed by atoms with van der Waals surface area (Å²) in [6.45, 7) is 3.83. The van der Waals surface area contributed by atoms with E-state index in [0.29, 0.717) is 11.6 Å². The van der Waals surface area contributed by atoms with Crippen LogP contribution in [0.2, 0.25) is 0 Å². The summed E-state index contributed by atoms with van der Waals surface area (Å²) in [5, 5.41) is 2.40. The highest BCUT2D eigenvalue weighted by Gasteiger charge is 2.20. The Morgan fingerprint density at radius 3 is 2.42 bits per heavy atom. The molecule has 0 bridgehead atoms. The van der Waals surface area contributed by atoms with Crippen molar-refractivity contribution in [1.29, 1.82) is 0 Å². The van der Waals surface area contributed by atoms with Gasteiger partial charge in [-0.25, -0.2) is 13.8 Å². The van der Waals surface area contributed by atoms with Crippen LogP contribution in [-0.2, 0) is 0 Å². The number of nitrogens with one attached hydrogen (secondary N) is 1. The number of rotatable bonds is 5. The zero-order chi connectivity index (χ0) is 17.9. The van der Waals surface area contributed by atoms with Crippen LogP contribution < -0.4 is 5.32 Å². The Morgan fingerprint density at radius 2 is 1.88 bits per heavy atom. The van der Waals surface area contributed by atoms with Gasteiger partial charge in [-0.2, -0.15) is 0 Å². The van der Waals surface area contributed by atoms with Crippen LogP contribution in [-0.4, -0.2) is 21.5 Å². The van der Waals surface area contributed by atoms with Crippen LogP contribution in [0, 0.1) is 17.6 Å². The van der Waals surface area contributed by atoms with Crippen LogP contribution in [0.15, 0.2) is 36.5 Å². The fourth-order valence-electron chi connectivity index (χ4n) is 1.93. The monoisotopic (exact) mass is 396 g/mol. The van der Waals surface area contributed by atoms with Crippen LogP contribution in [0.25, 0.3) is 0 Å². The number of aromatic nitrogens is 1. The minimum Gasteiger partial charge on any atom is -0.306 e. The predicted molar refractivity (Wildman–Crippen MR) is 90.4 cm³/mol. The van der Waals surface area contributed by atoms with Gasteiger partial charge in [0.15, 0.2) is 5.78 Å². The van der Waals surface area contributed by atoms with E-state index in [0.717, 1.165) is 12.1 Å². The van der Waals surface area contributed by atoms with E-state index in [1.165, 1.54) is 18.3 Å². The molecule has 1 N–H and O–H groups in total. The number of hydrogen-bond acceptors (Lipinski definition) is 3. The van der Waals surface area contributed by atoms with Gasteiger partial charge < -0.3 is 5.32 Å². The lowest BCUT2D eigenvalue weighted by atomic mass is 10.0. The third-order valence-electron chi connectivity index (χ3n) is 3.30. The molecule has 0 fully saturated rings. The summed E-state index contributed by atoms with van der Waals surface area (Å²) in [5.41, 5.74) is 0.107. The van der Waals surface area contributed by atoms with E-state index < -0.39 is 17.5 Å². The van der Waals surface area contributed by atoms with Gasteiger partial charge in [0.2, 0.25) is 0 Å². The van der Waals surface area contributed by atoms with E-state index in [2.05, 4.69) is 26.2 Å². The van der Waals surface area contributed by atoms with Crippen molar-refractivity contribution in [2.24, 2.45) is 5.92 Å². The van der Waals surface area contributed by atoms with Crippen LogP contribution in [0.4, 0.5) is 14.6 Å².